The Bertz CT molecular complexity index is 613. The van der Waals surface area contributed by atoms with Gasteiger partial charge in [-0.1, -0.05) is 41.7 Å². The van der Waals surface area contributed by atoms with E-state index in [4.69, 9.17) is 0 Å². The number of nitrogens with zero attached hydrogens (tertiary/aromatic N) is 1. The van der Waals surface area contributed by atoms with Crippen LogP contribution in [-0.4, -0.2) is 4.92 Å². The summed E-state index contributed by atoms with van der Waals surface area (Å²) in [7, 11) is 0. The number of nitro groups is 1. The van der Waals surface area contributed by atoms with Gasteiger partial charge in [-0.3, -0.25) is 10.1 Å². The number of hydrogen-bond donors (Lipinski definition) is 0. The second kappa shape index (κ2) is 4.09. The average Bonchev–Trinajstić information content (AvgIpc) is 2.35. The van der Waals surface area contributed by atoms with Crippen LogP contribution >= 0.6 is 23.5 Å². The topological polar surface area (TPSA) is 43.1 Å². The van der Waals surface area contributed by atoms with Crippen molar-refractivity contribution in [2.75, 3.05) is 0 Å². The maximum atomic E-state index is 11.0. The maximum absolute atomic E-state index is 11.0. The lowest BCUT2D eigenvalue weighted by Gasteiger charge is -2.17. The minimum atomic E-state index is -0.319. The summed E-state index contributed by atoms with van der Waals surface area (Å²) in [6.45, 7) is 0. The Morgan fingerprint density at radius 2 is 1.53 bits per heavy atom. The molecule has 1 heterocycles. The smallest absolute Gasteiger partial charge is 0.258 e. The molecule has 0 aromatic heterocycles. The molecule has 84 valence electrons. The molecule has 1 aliphatic heterocycles. The van der Waals surface area contributed by atoms with Crippen molar-refractivity contribution in [2.45, 2.75) is 19.6 Å². The van der Waals surface area contributed by atoms with Gasteiger partial charge in [-0.2, -0.15) is 0 Å². The summed E-state index contributed by atoms with van der Waals surface area (Å²) < 4.78 is 0. The molecule has 0 saturated carbocycles. The molecule has 0 amide bonds. The fourth-order valence-electron chi connectivity index (χ4n) is 1.68. The highest BCUT2D eigenvalue weighted by molar-refractivity contribution is 8.05. The predicted octanol–water partition coefficient (Wildman–Crippen LogP) is 4.21. The highest BCUT2D eigenvalue weighted by Gasteiger charge is 2.24. The minimum absolute atomic E-state index is 0.189. The van der Waals surface area contributed by atoms with E-state index in [1.165, 1.54) is 11.8 Å². The van der Waals surface area contributed by atoms with Crippen LogP contribution in [0.3, 0.4) is 0 Å². The van der Waals surface area contributed by atoms with Gasteiger partial charge in [0, 0.05) is 20.8 Å². The van der Waals surface area contributed by atoms with E-state index >= 15 is 0 Å². The van der Waals surface area contributed by atoms with Crippen LogP contribution in [0.15, 0.2) is 62.0 Å². The molecular weight excluding hydrogens is 254 g/mol. The van der Waals surface area contributed by atoms with E-state index < -0.39 is 0 Å². The van der Waals surface area contributed by atoms with E-state index in [1.807, 2.05) is 30.3 Å². The summed E-state index contributed by atoms with van der Waals surface area (Å²) in [6, 6.07) is 13.2. The molecule has 0 N–H and O–H groups in total. The molecular formula is C12H7NO2S2. The highest BCUT2D eigenvalue weighted by Crippen LogP contribution is 2.51. The predicted molar refractivity (Wildman–Crippen MR) is 67.8 cm³/mol. The van der Waals surface area contributed by atoms with Crippen LogP contribution < -0.4 is 0 Å². The van der Waals surface area contributed by atoms with Crippen LogP contribution in [0, 0.1) is 10.1 Å². The van der Waals surface area contributed by atoms with E-state index in [-0.39, 0.29) is 10.6 Å². The molecule has 1 aliphatic rings. The Balaban J connectivity index is 2.15. The van der Waals surface area contributed by atoms with Gasteiger partial charge in [-0.15, -0.1) is 0 Å². The van der Waals surface area contributed by atoms with E-state index in [0.29, 0.717) is 0 Å². The molecule has 0 aliphatic carbocycles. The summed E-state index contributed by atoms with van der Waals surface area (Å²) >= 11 is 3.06. The molecule has 0 fully saturated rings. The zero-order valence-electron chi connectivity index (χ0n) is 8.62. The lowest BCUT2D eigenvalue weighted by atomic mass is 10.3. The minimum Gasteiger partial charge on any atom is -0.258 e. The van der Waals surface area contributed by atoms with Crippen molar-refractivity contribution in [2.24, 2.45) is 0 Å². The summed E-state index contributed by atoms with van der Waals surface area (Å²) in [5, 5.41) is 11.0. The van der Waals surface area contributed by atoms with Gasteiger partial charge in [0.05, 0.1) is 4.92 Å². The molecule has 0 bridgehead atoms. The van der Waals surface area contributed by atoms with E-state index in [9.17, 15) is 10.1 Å². The fraction of sp³-hybridized carbons (Fsp3) is 0. The Labute approximate surface area is 106 Å². The van der Waals surface area contributed by atoms with Crippen molar-refractivity contribution >= 4 is 29.2 Å². The monoisotopic (exact) mass is 261 g/mol. The highest BCUT2D eigenvalue weighted by atomic mass is 32.2. The SMILES string of the molecule is O=[N+]([O-])c1cccc2c1Sc1ccccc1S2. The molecule has 0 radical (unpaired) electrons. The fourth-order valence-corrected chi connectivity index (χ4v) is 4.03. The van der Waals surface area contributed by atoms with Crippen LogP contribution in [0.2, 0.25) is 0 Å². The lowest BCUT2D eigenvalue weighted by molar-refractivity contribution is -0.388. The van der Waals surface area contributed by atoms with Crippen LogP contribution in [0.25, 0.3) is 0 Å². The third-order valence-corrected chi connectivity index (χ3v) is 5.04. The lowest BCUT2D eigenvalue weighted by Crippen LogP contribution is -1.95. The molecule has 0 saturated heterocycles. The van der Waals surface area contributed by atoms with Gasteiger partial charge in [-0.25, -0.2) is 0 Å². The number of rotatable bonds is 1. The summed E-state index contributed by atoms with van der Waals surface area (Å²) in [5.74, 6) is 0. The molecule has 5 heteroatoms. The van der Waals surface area contributed by atoms with Crippen molar-refractivity contribution in [1.82, 2.24) is 0 Å². The molecule has 0 unspecified atom stereocenters. The van der Waals surface area contributed by atoms with E-state index in [1.54, 1.807) is 23.9 Å². The number of nitro benzene ring substituents is 1. The van der Waals surface area contributed by atoms with Gasteiger partial charge in [-0.05, 0) is 18.2 Å². The molecule has 3 rings (SSSR count). The van der Waals surface area contributed by atoms with Gasteiger partial charge in [0.1, 0.15) is 4.90 Å². The van der Waals surface area contributed by atoms with Crippen LogP contribution in [0.1, 0.15) is 0 Å². The Hall–Kier alpha value is -1.46. The first-order valence-electron chi connectivity index (χ1n) is 4.98. The average molecular weight is 261 g/mol. The first-order valence-corrected chi connectivity index (χ1v) is 6.61. The van der Waals surface area contributed by atoms with Crippen molar-refractivity contribution in [3.8, 4) is 0 Å². The Morgan fingerprint density at radius 1 is 0.882 bits per heavy atom. The van der Waals surface area contributed by atoms with Gasteiger partial charge < -0.3 is 0 Å². The number of hydrogen-bond acceptors (Lipinski definition) is 4. The Kier molecular flexibility index (Phi) is 2.57. The summed E-state index contributed by atoms with van der Waals surface area (Å²) in [4.78, 5) is 14.6. The zero-order chi connectivity index (χ0) is 11.8. The Morgan fingerprint density at radius 3 is 2.24 bits per heavy atom. The summed E-state index contributed by atoms with van der Waals surface area (Å²) in [5.41, 5.74) is 0.189. The second-order valence-corrected chi connectivity index (χ2v) is 5.65. The van der Waals surface area contributed by atoms with Gasteiger partial charge >= 0.3 is 0 Å². The van der Waals surface area contributed by atoms with Crippen LogP contribution in [0.5, 0.6) is 0 Å². The van der Waals surface area contributed by atoms with E-state index in [0.717, 1.165) is 19.6 Å². The van der Waals surface area contributed by atoms with Crippen molar-refractivity contribution in [1.29, 1.82) is 0 Å². The van der Waals surface area contributed by atoms with Crippen molar-refractivity contribution in [3.63, 3.8) is 0 Å². The third-order valence-electron chi connectivity index (χ3n) is 2.44. The van der Waals surface area contributed by atoms with Crippen molar-refractivity contribution in [3.05, 3.63) is 52.6 Å². The van der Waals surface area contributed by atoms with Crippen LogP contribution in [0.4, 0.5) is 5.69 Å². The van der Waals surface area contributed by atoms with Gasteiger partial charge in [0.25, 0.3) is 5.69 Å². The largest absolute Gasteiger partial charge is 0.284 e. The molecule has 2 aromatic rings. The normalized spacial score (nSPS) is 12.7. The zero-order valence-corrected chi connectivity index (χ0v) is 10.3. The number of fused-ring (bicyclic) bond motifs is 2. The van der Waals surface area contributed by atoms with E-state index in [2.05, 4.69) is 0 Å². The van der Waals surface area contributed by atoms with Gasteiger partial charge in [0.2, 0.25) is 0 Å². The number of benzene rings is 2. The molecule has 0 spiro atoms. The second-order valence-electron chi connectivity index (χ2n) is 3.51. The molecule has 0 atom stereocenters. The first kappa shape index (κ1) is 10.7. The third kappa shape index (κ3) is 1.81. The maximum Gasteiger partial charge on any atom is 0.284 e. The standard InChI is InChI=1S/C12H7NO2S2/c14-13(15)8-4-3-7-11-12(8)17-10-6-2-1-5-9(10)16-11/h1-7H. The summed E-state index contributed by atoms with van der Waals surface area (Å²) in [6.07, 6.45) is 0. The molecule has 3 nitrogen and oxygen atoms in total. The quantitative estimate of drug-likeness (QED) is 0.486. The van der Waals surface area contributed by atoms with Gasteiger partial charge in [0.15, 0.2) is 0 Å². The first-order chi connectivity index (χ1) is 8.25. The molecule has 17 heavy (non-hydrogen) atoms. The van der Waals surface area contributed by atoms with Crippen LogP contribution in [-0.2, 0) is 0 Å². The van der Waals surface area contributed by atoms with Crippen molar-refractivity contribution < 1.29 is 4.92 Å². The molecule has 2 aromatic carbocycles.